The van der Waals surface area contributed by atoms with Crippen molar-refractivity contribution in [3.8, 4) is 0 Å². The van der Waals surface area contributed by atoms with Crippen LogP contribution >= 0.6 is 23.4 Å². The number of hydrogen-bond donors (Lipinski definition) is 2. The van der Waals surface area contributed by atoms with Gasteiger partial charge in [-0.25, -0.2) is 9.97 Å². The Morgan fingerprint density at radius 2 is 2.11 bits per heavy atom. The molecule has 0 amide bonds. The van der Waals surface area contributed by atoms with Crippen molar-refractivity contribution >= 4 is 34.9 Å². The van der Waals surface area contributed by atoms with Gasteiger partial charge in [-0.3, -0.25) is 0 Å². The van der Waals surface area contributed by atoms with Crippen LogP contribution in [0.5, 0.6) is 0 Å². The highest BCUT2D eigenvalue weighted by molar-refractivity contribution is 7.99. The molecule has 1 heterocycles. The molecule has 0 unspecified atom stereocenters. The van der Waals surface area contributed by atoms with E-state index in [1.807, 2.05) is 0 Å². The molecule has 1 aromatic heterocycles. The summed E-state index contributed by atoms with van der Waals surface area (Å²) in [5.74, 6) is 1.68. The van der Waals surface area contributed by atoms with Gasteiger partial charge < -0.3 is 11.1 Å². The quantitative estimate of drug-likeness (QED) is 0.492. The van der Waals surface area contributed by atoms with Gasteiger partial charge in [0.15, 0.2) is 16.1 Å². The van der Waals surface area contributed by atoms with Gasteiger partial charge in [-0.1, -0.05) is 43.1 Å². The first-order valence-electron chi connectivity index (χ1n) is 6.43. The molecule has 0 bridgehead atoms. The van der Waals surface area contributed by atoms with E-state index in [2.05, 4.69) is 22.2 Å². The number of hydrogen-bond acceptors (Lipinski definition) is 5. The van der Waals surface area contributed by atoms with Crippen LogP contribution in [-0.2, 0) is 0 Å². The zero-order valence-corrected chi connectivity index (χ0v) is 12.2. The molecule has 0 atom stereocenters. The maximum Gasteiger partial charge on any atom is 0.191 e. The monoisotopic (exact) mass is 286 g/mol. The van der Waals surface area contributed by atoms with Gasteiger partial charge in [0.05, 0.1) is 0 Å². The van der Waals surface area contributed by atoms with Crippen LogP contribution in [0.1, 0.15) is 39.0 Å². The van der Waals surface area contributed by atoms with Crippen LogP contribution in [0.15, 0.2) is 5.16 Å². The van der Waals surface area contributed by atoms with Crippen LogP contribution in [0.4, 0.5) is 11.5 Å². The number of rotatable bonds is 5. The maximum absolute atomic E-state index is 6.05. The number of thioether (sulfide) groups is 1. The summed E-state index contributed by atoms with van der Waals surface area (Å²) >= 11 is 7.67. The number of anilines is 2. The SMILES string of the molecule is CCCSc1nc(Cl)c(N)c(NC2CCCC2)n1. The molecule has 6 heteroatoms. The van der Waals surface area contributed by atoms with E-state index in [0.29, 0.717) is 27.9 Å². The standard InChI is InChI=1S/C12H19ClN4S/c1-2-7-18-12-16-10(13)9(14)11(17-12)15-8-5-3-4-6-8/h8H,2-7,14H2,1H3,(H,15,16,17). The van der Waals surface area contributed by atoms with E-state index in [-0.39, 0.29) is 0 Å². The van der Waals surface area contributed by atoms with Gasteiger partial charge in [0.1, 0.15) is 5.69 Å². The molecule has 1 fully saturated rings. The number of nitrogens with two attached hydrogens (primary N) is 1. The molecule has 0 radical (unpaired) electrons. The van der Waals surface area contributed by atoms with E-state index in [1.54, 1.807) is 11.8 Å². The van der Waals surface area contributed by atoms with Gasteiger partial charge in [0, 0.05) is 11.8 Å². The summed E-state index contributed by atoms with van der Waals surface area (Å²) in [6, 6.07) is 0.474. The number of aromatic nitrogens is 2. The fourth-order valence-electron chi connectivity index (χ4n) is 2.05. The third-order valence-corrected chi connectivity index (χ3v) is 4.35. The molecule has 4 nitrogen and oxygen atoms in total. The molecule has 1 aliphatic rings. The van der Waals surface area contributed by atoms with Crippen LogP contribution in [0.2, 0.25) is 5.15 Å². The Balaban J connectivity index is 2.13. The molecule has 1 aromatic rings. The molecule has 0 aromatic carbocycles. The number of nitrogens with one attached hydrogen (secondary N) is 1. The average molecular weight is 287 g/mol. The van der Waals surface area contributed by atoms with Crippen molar-refractivity contribution in [2.75, 3.05) is 16.8 Å². The lowest BCUT2D eigenvalue weighted by Crippen LogP contribution is -2.17. The van der Waals surface area contributed by atoms with Gasteiger partial charge >= 0.3 is 0 Å². The van der Waals surface area contributed by atoms with Gasteiger partial charge in [0.25, 0.3) is 0 Å². The summed E-state index contributed by atoms with van der Waals surface area (Å²) in [5, 5.41) is 4.45. The highest BCUT2D eigenvalue weighted by Crippen LogP contribution is 2.30. The Morgan fingerprint density at radius 3 is 2.78 bits per heavy atom. The molecule has 1 aliphatic carbocycles. The molecule has 100 valence electrons. The Labute approximate surface area is 117 Å². The second kappa shape index (κ2) is 6.48. The minimum atomic E-state index is 0.351. The van der Waals surface area contributed by atoms with Crippen molar-refractivity contribution in [3.05, 3.63) is 5.15 Å². The minimum Gasteiger partial charge on any atom is -0.393 e. The van der Waals surface area contributed by atoms with Crippen molar-refractivity contribution in [1.29, 1.82) is 0 Å². The second-order valence-corrected chi connectivity index (χ2v) is 5.95. The van der Waals surface area contributed by atoms with Crippen LogP contribution in [-0.4, -0.2) is 21.8 Å². The third kappa shape index (κ3) is 3.42. The summed E-state index contributed by atoms with van der Waals surface area (Å²) in [4.78, 5) is 8.66. The zero-order valence-electron chi connectivity index (χ0n) is 10.6. The second-order valence-electron chi connectivity index (χ2n) is 4.53. The summed E-state index contributed by atoms with van der Waals surface area (Å²) < 4.78 is 0. The Morgan fingerprint density at radius 1 is 1.39 bits per heavy atom. The summed E-state index contributed by atoms with van der Waals surface area (Å²) in [6.45, 7) is 2.13. The average Bonchev–Trinajstić information content (AvgIpc) is 2.85. The Kier molecular flexibility index (Phi) is 4.95. The molecule has 1 saturated carbocycles. The van der Waals surface area contributed by atoms with E-state index in [9.17, 15) is 0 Å². The van der Waals surface area contributed by atoms with Crippen molar-refractivity contribution in [3.63, 3.8) is 0 Å². The number of nitrogen functional groups attached to an aromatic ring is 1. The van der Waals surface area contributed by atoms with E-state index in [1.165, 1.54) is 25.7 Å². The van der Waals surface area contributed by atoms with Gasteiger partial charge in [-0.15, -0.1) is 0 Å². The lowest BCUT2D eigenvalue weighted by molar-refractivity contribution is 0.746. The van der Waals surface area contributed by atoms with Crippen molar-refractivity contribution < 1.29 is 0 Å². The molecule has 18 heavy (non-hydrogen) atoms. The highest BCUT2D eigenvalue weighted by Gasteiger charge is 2.18. The molecule has 0 spiro atoms. The summed E-state index contributed by atoms with van der Waals surface area (Å²) in [6.07, 6.45) is 5.99. The lowest BCUT2D eigenvalue weighted by Gasteiger charge is -2.15. The third-order valence-electron chi connectivity index (χ3n) is 3.01. The van der Waals surface area contributed by atoms with Gasteiger partial charge in [0.2, 0.25) is 0 Å². The van der Waals surface area contributed by atoms with Crippen LogP contribution < -0.4 is 11.1 Å². The summed E-state index contributed by atoms with van der Waals surface area (Å²) in [5.41, 5.74) is 6.39. The molecular formula is C12H19ClN4S. The number of halogens is 1. The Hall–Kier alpha value is -0.680. The number of nitrogens with zero attached hydrogens (tertiary/aromatic N) is 2. The van der Waals surface area contributed by atoms with Crippen LogP contribution in [0.25, 0.3) is 0 Å². The van der Waals surface area contributed by atoms with E-state index in [0.717, 1.165) is 12.2 Å². The first-order valence-corrected chi connectivity index (χ1v) is 7.79. The van der Waals surface area contributed by atoms with Gasteiger partial charge in [-0.05, 0) is 19.3 Å². The van der Waals surface area contributed by atoms with Crippen molar-refractivity contribution in [1.82, 2.24) is 9.97 Å². The van der Waals surface area contributed by atoms with E-state index in [4.69, 9.17) is 17.3 Å². The normalized spacial score (nSPS) is 16.1. The smallest absolute Gasteiger partial charge is 0.191 e. The van der Waals surface area contributed by atoms with Gasteiger partial charge in [-0.2, -0.15) is 0 Å². The van der Waals surface area contributed by atoms with E-state index >= 15 is 0 Å². The first-order chi connectivity index (χ1) is 8.70. The Bertz CT molecular complexity index is 407. The molecule has 2 rings (SSSR count). The van der Waals surface area contributed by atoms with Crippen LogP contribution in [0.3, 0.4) is 0 Å². The van der Waals surface area contributed by atoms with E-state index < -0.39 is 0 Å². The lowest BCUT2D eigenvalue weighted by atomic mass is 10.2. The predicted molar refractivity (Wildman–Crippen MR) is 78.3 cm³/mol. The molecule has 0 saturated heterocycles. The molecular weight excluding hydrogens is 268 g/mol. The van der Waals surface area contributed by atoms with Crippen LogP contribution in [0, 0.1) is 0 Å². The van der Waals surface area contributed by atoms with Crippen molar-refractivity contribution in [2.24, 2.45) is 0 Å². The zero-order chi connectivity index (χ0) is 13.0. The fourth-order valence-corrected chi connectivity index (χ4v) is 2.97. The topological polar surface area (TPSA) is 63.8 Å². The largest absolute Gasteiger partial charge is 0.393 e. The minimum absolute atomic E-state index is 0.351. The molecule has 3 N–H and O–H groups in total. The summed E-state index contributed by atoms with van der Waals surface area (Å²) in [7, 11) is 0. The van der Waals surface area contributed by atoms with Crippen molar-refractivity contribution in [2.45, 2.75) is 50.2 Å². The highest BCUT2D eigenvalue weighted by atomic mass is 35.5. The maximum atomic E-state index is 6.05. The predicted octanol–water partition coefficient (Wildman–Crippen LogP) is 3.57. The first kappa shape index (κ1) is 13.7. The molecule has 0 aliphatic heterocycles. The fraction of sp³-hybridized carbons (Fsp3) is 0.667.